The lowest BCUT2D eigenvalue weighted by molar-refractivity contribution is -0.114. The van der Waals surface area contributed by atoms with E-state index >= 15 is 0 Å². The molecule has 0 aliphatic rings. The van der Waals surface area contributed by atoms with Gasteiger partial charge in [-0.25, -0.2) is 0 Å². The molecule has 0 rings (SSSR count). The van der Waals surface area contributed by atoms with Crippen molar-refractivity contribution in [3.63, 3.8) is 0 Å². The van der Waals surface area contributed by atoms with Gasteiger partial charge in [0.1, 0.15) is 0 Å². The summed E-state index contributed by atoms with van der Waals surface area (Å²) in [4.78, 5) is 19.5. The lowest BCUT2D eigenvalue weighted by Gasteiger charge is -2.00. The van der Waals surface area contributed by atoms with Crippen LogP contribution in [0.15, 0.2) is 24.3 Å². The van der Waals surface area contributed by atoms with Crippen LogP contribution in [0.3, 0.4) is 0 Å². The van der Waals surface area contributed by atoms with Crippen LogP contribution in [0.5, 0.6) is 0 Å². The highest BCUT2D eigenvalue weighted by atomic mass is 16.1. The molecule has 6 heteroatoms. The predicted molar refractivity (Wildman–Crippen MR) is 103 cm³/mol. The molecule has 0 fully saturated rings. The average molecular weight is 343 g/mol. The molecule has 0 atom stereocenters. The zero-order valence-electron chi connectivity index (χ0n) is 15.5. The summed E-state index contributed by atoms with van der Waals surface area (Å²) >= 11 is 0. The molecule has 0 radical (unpaired) electrons. The zero-order chi connectivity index (χ0) is 19.1. The van der Waals surface area contributed by atoms with Crippen molar-refractivity contribution in [1.82, 2.24) is 0 Å². The quantitative estimate of drug-likeness (QED) is 0.337. The van der Waals surface area contributed by atoms with Gasteiger partial charge in [-0.2, -0.15) is 0 Å². The van der Waals surface area contributed by atoms with Gasteiger partial charge in [0.2, 0.25) is 11.8 Å². The second-order valence-electron chi connectivity index (χ2n) is 5.21. The molecule has 0 aliphatic heterocycles. The minimum atomic E-state index is -0.391. The number of allylic oxidation sites excluding steroid dienone is 2. The maximum absolute atomic E-state index is 9.73. The van der Waals surface area contributed by atoms with E-state index in [0.717, 1.165) is 13.1 Å². The van der Waals surface area contributed by atoms with E-state index in [1.54, 1.807) is 26.0 Å². The SMILES string of the molecule is CC=CC(N)=O.CC=CC(N)=O.NCCCCCCCCCCN. The van der Waals surface area contributed by atoms with E-state index in [-0.39, 0.29) is 0 Å². The van der Waals surface area contributed by atoms with E-state index in [2.05, 4.69) is 11.5 Å². The number of hydrogen-bond donors (Lipinski definition) is 4. The van der Waals surface area contributed by atoms with Gasteiger partial charge in [0.05, 0.1) is 0 Å². The standard InChI is InChI=1S/C10H24N2.2C4H7NO/c11-9-7-5-3-1-2-4-6-8-10-12;2*1-2-3-4(5)6/h1-12H2;2*2-3H,1H3,(H2,5,6). The molecule has 0 bridgehead atoms. The smallest absolute Gasteiger partial charge is 0.241 e. The van der Waals surface area contributed by atoms with Crippen LogP contribution in [0, 0.1) is 0 Å². The van der Waals surface area contributed by atoms with Crippen LogP contribution in [0.1, 0.15) is 65.2 Å². The van der Waals surface area contributed by atoms with E-state index < -0.39 is 11.8 Å². The molecule has 0 heterocycles. The van der Waals surface area contributed by atoms with E-state index in [0.29, 0.717) is 0 Å². The van der Waals surface area contributed by atoms with Crippen molar-refractivity contribution < 1.29 is 9.59 Å². The fourth-order valence-corrected chi connectivity index (χ4v) is 1.68. The molecule has 0 saturated heterocycles. The first-order valence-electron chi connectivity index (χ1n) is 8.70. The van der Waals surface area contributed by atoms with Crippen LogP contribution in [-0.4, -0.2) is 24.9 Å². The molecular formula is C18H38N4O2. The Hall–Kier alpha value is -1.66. The summed E-state index contributed by atoms with van der Waals surface area (Å²) in [7, 11) is 0. The molecule has 0 aliphatic carbocycles. The van der Waals surface area contributed by atoms with Crippen molar-refractivity contribution in [2.45, 2.75) is 65.2 Å². The Morgan fingerprint density at radius 2 is 0.875 bits per heavy atom. The Kier molecular flexibility index (Phi) is 29.7. The van der Waals surface area contributed by atoms with E-state index in [4.69, 9.17) is 11.5 Å². The van der Waals surface area contributed by atoms with Gasteiger partial charge in [0.15, 0.2) is 0 Å². The molecule has 0 spiro atoms. The first kappa shape index (κ1) is 27.2. The Balaban J connectivity index is -0.000000309. The van der Waals surface area contributed by atoms with Gasteiger partial charge in [0.25, 0.3) is 0 Å². The van der Waals surface area contributed by atoms with Gasteiger partial charge in [-0.1, -0.05) is 50.7 Å². The molecule has 6 nitrogen and oxygen atoms in total. The van der Waals surface area contributed by atoms with E-state index in [9.17, 15) is 9.59 Å². The number of hydrogen-bond acceptors (Lipinski definition) is 4. The van der Waals surface area contributed by atoms with Crippen LogP contribution in [0.2, 0.25) is 0 Å². The maximum Gasteiger partial charge on any atom is 0.241 e. The average Bonchev–Trinajstić information content (AvgIpc) is 2.51. The number of carbonyl (C=O) groups is 2. The zero-order valence-corrected chi connectivity index (χ0v) is 15.5. The Bertz CT molecular complexity index is 297. The van der Waals surface area contributed by atoms with Crippen molar-refractivity contribution in [3.05, 3.63) is 24.3 Å². The highest BCUT2D eigenvalue weighted by Crippen LogP contribution is 2.07. The van der Waals surface area contributed by atoms with Gasteiger partial charge < -0.3 is 22.9 Å². The first-order chi connectivity index (χ1) is 11.5. The number of primary amides is 2. The summed E-state index contributed by atoms with van der Waals surface area (Å²) in [6.45, 7) is 5.19. The van der Waals surface area contributed by atoms with Gasteiger partial charge in [-0.15, -0.1) is 0 Å². The van der Waals surface area contributed by atoms with Crippen molar-refractivity contribution >= 4 is 11.8 Å². The Morgan fingerprint density at radius 1 is 0.625 bits per heavy atom. The lowest BCUT2D eigenvalue weighted by Crippen LogP contribution is -2.04. The van der Waals surface area contributed by atoms with Crippen LogP contribution in [-0.2, 0) is 9.59 Å². The predicted octanol–water partition coefficient (Wildman–Crippen LogP) is 2.12. The highest BCUT2D eigenvalue weighted by molar-refractivity contribution is 5.85. The lowest BCUT2D eigenvalue weighted by atomic mass is 10.1. The summed E-state index contributed by atoms with van der Waals surface area (Å²) in [5.74, 6) is -0.782. The number of unbranched alkanes of at least 4 members (excludes halogenated alkanes) is 7. The van der Waals surface area contributed by atoms with Crippen molar-refractivity contribution in [2.75, 3.05) is 13.1 Å². The molecule has 24 heavy (non-hydrogen) atoms. The fourth-order valence-electron chi connectivity index (χ4n) is 1.68. The summed E-state index contributed by atoms with van der Waals surface area (Å²) in [5, 5.41) is 0. The minimum absolute atomic E-state index is 0.391. The highest BCUT2D eigenvalue weighted by Gasteiger charge is 1.90. The maximum atomic E-state index is 9.73. The van der Waals surface area contributed by atoms with Crippen molar-refractivity contribution in [1.29, 1.82) is 0 Å². The largest absolute Gasteiger partial charge is 0.366 e. The molecule has 8 N–H and O–H groups in total. The van der Waals surface area contributed by atoms with Crippen LogP contribution >= 0.6 is 0 Å². The van der Waals surface area contributed by atoms with Gasteiger partial charge in [-0.05, 0) is 51.9 Å². The number of rotatable bonds is 11. The molecule has 0 saturated carbocycles. The first-order valence-corrected chi connectivity index (χ1v) is 8.70. The second kappa shape index (κ2) is 26.2. The van der Waals surface area contributed by atoms with Crippen molar-refractivity contribution in [2.24, 2.45) is 22.9 Å². The molecule has 0 unspecified atom stereocenters. The third-order valence-electron chi connectivity index (χ3n) is 2.82. The minimum Gasteiger partial charge on any atom is -0.366 e. The molecule has 0 aromatic carbocycles. The number of nitrogens with two attached hydrogens (primary N) is 4. The third-order valence-corrected chi connectivity index (χ3v) is 2.82. The molecule has 0 aromatic heterocycles. The second-order valence-corrected chi connectivity index (χ2v) is 5.21. The normalized spacial score (nSPS) is 10.0. The fraction of sp³-hybridized carbons (Fsp3) is 0.667. The van der Waals surface area contributed by atoms with Crippen LogP contribution in [0.25, 0.3) is 0 Å². The molecule has 2 amide bonds. The summed E-state index contributed by atoms with van der Waals surface area (Å²) in [5.41, 5.74) is 20.1. The summed E-state index contributed by atoms with van der Waals surface area (Å²) in [6.07, 6.45) is 16.3. The van der Waals surface area contributed by atoms with Crippen LogP contribution < -0.4 is 22.9 Å². The summed E-state index contributed by atoms with van der Waals surface area (Å²) in [6, 6.07) is 0. The summed E-state index contributed by atoms with van der Waals surface area (Å²) < 4.78 is 0. The van der Waals surface area contributed by atoms with Gasteiger partial charge >= 0.3 is 0 Å². The van der Waals surface area contributed by atoms with Gasteiger partial charge in [0, 0.05) is 0 Å². The van der Waals surface area contributed by atoms with Gasteiger partial charge in [-0.3, -0.25) is 9.59 Å². The molecule has 0 aromatic rings. The van der Waals surface area contributed by atoms with E-state index in [1.807, 2.05) is 0 Å². The molecular weight excluding hydrogens is 304 g/mol. The third kappa shape index (κ3) is 42.8. The number of carbonyl (C=O) groups excluding carboxylic acids is 2. The van der Waals surface area contributed by atoms with Crippen LogP contribution in [0.4, 0.5) is 0 Å². The Labute approximate surface area is 147 Å². The molecule has 142 valence electrons. The van der Waals surface area contributed by atoms with Crippen molar-refractivity contribution in [3.8, 4) is 0 Å². The number of amides is 2. The monoisotopic (exact) mass is 342 g/mol. The Morgan fingerprint density at radius 3 is 1.00 bits per heavy atom. The topological polar surface area (TPSA) is 138 Å². The van der Waals surface area contributed by atoms with E-state index in [1.165, 1.54) is 63.5 Å².